The Morgan fingerprint density at radius 1 is 1.32 bits per heavy atom. The van der Waals surface area contributed by atoms with Crippen LogP contribution in [0.5, 0.6) is 0 Å². The Hall–Kier alpha value is -1.07. The van der Waals surface area contributed by atoms with E-state index in [-0.39, 0.29) is 0 Å². The van der Waals surface area contributed by atoms with Gasteiger partial charge in [-0.25, -0.2) is 0 Å². The molecule has 0 aromatic carbocycles. The number of rotatable bonds is 7. The second-order valence-corrected chi connectivity index (χ2v) is 4.50. The normalized spacial score (nSPS) is 17.9. The molecule has 0 spiro atoms. The predicted octanol–water partition coefficient (Wildman–Crippen LogP) is 0.840. The summed E-state index contributed by atoms with van der Waals surface area (Å²) in [7, 11) is 0. The topological polar surface area (TPSA) is 48.9 Å². The highest BCUT2D eigenvalue weighted by molar-refractivity contribution is 5.79. The van der Waals surface area contributed by atoms with Crippen molar-refractivity contribution < 1.29 is 4.74 Å². The Bertz CT molecular complexity index is 273. The molecule has 19 heavy (non-hydrogen) atoms. The monoisotopic (exact) mass is 268 g/mol. The van der Waals surface area contributed by atoms with Crippen LogP contribution in [0.2, 0.25) is 0 Å². The largest absolute Gasteiger partial charge is 0.379 e. The summed E-state index contributed by atoms with van der Waals surface area (Å²) >= 11 is 0. The number of guanidine groups is 1. The van der Waals surface area contributed by atoms with Crippen LogP contribution in [0.15, 0.2) is 17.1 Å². The molecule has 0 radical (unpaired) electrons. The first kappa shape index (κ1) is 16.0. The van der Waals surface area contributed by atoms with Crippen LogP contribution in [0.3, 0.4) is 0 Å². The number of nitrogens with one attached hydrogen (secondary N) is 2. The van der Waals surface area contributed by atoms with Crippen molar-refractivity contribution in [2.75, 3.05) is 52.5 Å². The van der Waals surface area contributed by atoms with Gasteiger partial charge in [-0.15, -0.1) is 0 Å². The second-order valence-electron chi connectivity index (χ2n) is 4.50. The summed E-state index contributed by atoms with van der Waals surface area (Å²) in [6.45, 7) is 11.6. The maximum absolute atomic E-state index is 5.33. The molecule has 5 heteroatoms. The first-order chi connectivity index (χ1) is 9.36. The van der Waals surface area contributed by atoms with Crippen molar-refractivity contribution in [3.05, 3.63) is 12.2 Å². The van der Waals surface area contributed by atoms with Crippen LogP contribution in [0.1, 0.15) is 20.3 Å². The molecule has 0 aromatic rings. The van der Waals surface area contributed by atoms with Crippen molar-refractivity contribution >= 4 is 5.96 Å². The Kier molecular flexibility index (Phi) is 9.10. The van der Waals surface area contributed by atoms with E-state index in [1.54, 1.807) is 0 Å². The number of morpholine rings is 1. The van der Waals surface area contributed by atoms with Gasteiger partial charge in [0.15, 0.2) is 5.96 Å². The standard InChI is InChI=1S/C14H28N4O/c1-3-5-6-7-16-14(15-4-2)17-8-9-18-10-12-19-13-11-18/h3,5H,4,6-13H2,1-2H3,(H2,15,16,17). The molecule has 1 aliphatic heterocycles. The van der Waals surface area contributed by atoms with Gasteiger partial charge in [-0.1, -0.05) is 12.2 Å². The van der Waals surface area contributed by atoms with Gasteiger partial charge in [0.05, 0.1) is 19.8 Å². The smallest absolute Gasteiger partial charge is 0.191 e. The molecule has 5 nitrogen and oxygen atoms in total. The van der Waals surface area contributed by atoms with Gasteiger partial charge >= 0.3 is 0 Å². The van der Waals surface area contributed by atoms with Crippen LogP contribution < -0.4 is 10.6 Å². The number of allylic oxidation sites excluding steroid dienone is 1. The molecular formula is C14H28N4O. The van der Waals surface area contributed by atoms with Crippen molar-refractivity contribution in [1.82, 2.24) is 15.5 Å². The molecule has 0 unspecified atom stereocenters. The van der Waals surface area contributed by atoms with Crippen LogP contribution in [-0.4, -0.2) is 63.3 Å². The quantitative estimate of drug-likeness (QED) is 0.311. The molecule has 110 valence electrons. The van der Waals surface area contributed by atoms with Crippen LogP contribution in [0.4, 0.5) is 0 Å². The number of hydrogen-bond donors (Lipinski definition) is 2. The van der Waals surface area contributed by atoms with E-state index >= 15 is 0 Å². The fourth-order valence-corrected chi connectivity index (χ4v) is 1.91. The average Bonchev–Trinajstić information content (AvgIpc) is 2.44. The molecule has 1 aliphatic rings. The number of nitrogens with zero attached hydrogens (tertiary/aromatic N) is 2. The fraction of sp³-hybridized carbons (Fsp3) is 0.786. The van der Waals surface area contributed by atoms with Crippen molar-refractivity contribution in [2.45, 2.75) is 20.3 Å². The van der Waals surface area contributed by atoms with E-state index in [1.165, 1.54) is 0 Å². The van der Waals surface area contributed by atoms with Gasteiger partial charge in [-0.05, 0) is 20.3 Å². The van der Waals surface area contributed by atoms with Crippen molar-refractivity contribution in [3.8, 4) is 0 Å². The summed E-state index contributed by atoms with van der Waals surface area (Å²) in [6.07, 6.45) is 5.26. The predicted molar refractivity (Wildman–Crippen MR) is 80.7 cm³/mol. The maximum Gasteiger partial charge on any atom is 0.191 e. The molecule has 0 saturated carbocycles. The van der Waals surface area contributed by atoms with E-state index < -0.39 is 0 Å². The Morgan fingerprint density at radius 2 is 2.11 bits per heavy atom. The highest BCUT2D eigenvalue weighted by atomic mass is 16.5. The lowest BCUT2D eigenvalue weighted by molar-refractivity contribution is 0.0394. The van der Waals surface area contributed by atoms with E-state index in [0.717, 1.165) is 64.9 Å². The zero-order valence-electron chi connectivity index (χ0n) is 12.3. The second kappa shape index (κ2) is 10.8. The van der Waals surface area contributed by atoms with Crippen molar-refractivity contribution in [1.29, 1.82) is 0 Å². The lowest BCUT2D eigenvalue weighted by Gasteiger charge is -2.25. The molecule has 0 bridgehead atoms. The minimum absolute atomic E-state index is 0.832. The van der Waals surface area contributed by atoms with E-state index in [9.17, 15) is 0 Å². The molecule has 1 fully saturated rings. The van der Waals surface area contributed by atoms with Crippen LogP contribution >= 0.6 is 0 Å². The van der Waals surface area contributed by atoms with Gasteiger partial charge in [0, 0.05) is 32.7 Å². The van der Waals surface area contributed by atoms with Gasteiger partial charge in [0.2, 0.25) is 0 Å². The Morgan fingerprint density at radius 3 is 2.79 bits per heavy atom. The minimum atomic E-state index is 0.832. The zero-order chi connectivity index (χ0) is 13.8. The lowest BCUT2D eigenvalue weighted by Crippen LogP contribution is -2.40. The van der Waals surface area contributed by atoms with Crippen LogP contribution in [-0.2, 0) is 4.74 Å². The molecule has 1 heterocycles. The number of hydrogen-bond acceptors (Lipinski definition) is 3. The maximum atomic E-state index is 5.33. The third-order valence-electron chi connectivity index (χ3n) is 2.97. The molecule has 2 N–H and O–H groups in total. The Labute approximate surface area is 117 Å². The highest BCUT2D eigenvalue weighted by Crippen LogP contribution is 1.95. The van der Waals surface area contributed by atoms with Gasteiger partial charge in [-0.3, -0.25) is 9.89 Å². The molecule has 1 rings (SSSR count). The van der Waals surface area contributed by atoms with Crippen molar-refractivity contribution in [2.24, 2.45) is 4.99 Å². The molecule has 0 aliphatic carbocycles. The van der Waals surface area contributed by atoms with Gasteiger partial charge in [0.1, 0.15) is 0 Å². The first-order valence-electron chi connectivity index (χ1n) is 7.30. The van der Waals surface area contributed by atoms with Crippen LogP contribution in [0, 0.1) is 0 Å². The van der Waals surface area contributed by atoms with E-state index in [0.29, 0.717) is 0 Å². The fourth-order valence-electron chi connectivity index (χ4n) is 1.91. The summed E-state index contributed by atoms with van der Waals surface area (Å²) < 4.78 is 5.33. The van der Waals surface area contributed by atoms with Gasteiger partial charge in [-0.2, -0.15) is 0 Å². The van der Waals surface area contributed by atoms with Gasteiger partial charge < -0.3 is 15.4 Å². The molecule has 1 saturated heterocycles. The third-order valence-corrected chi connectivity index (χ3v) is 2.97. The third kappa shape index (κ3) is 7.85. The van der Waals surface area contributed by atoms with Crippen molar-refractivity contribution in [3.63, 3.8) is 0 Å². The van der Waals surface area contributed by atoms with E-state index in [4.69, 9.17) is 4.74 Å². The molecule has 0 atom stereocenters. The molecule has 0 aromatic heterocycles. The minimum Gasteiger partial charge on any atom is -0.379 e. The first-order valence-corrected chi connectivity index (χ1v) is 7.30. The summed E-state index contributed by atoms with van der Waals surface area (Å²) in [4.78, 5) is 6.99. The number of aliphatic imine (C=N–C) groups is 1. The number of ether oxygens (including phenoxy) is 1. The summed E-state index contributed by atoms with van der Waals surface area (Å²) in [5.74, 6) is 0.917. The SMILES string of the molecule is CC=CCCNC(=NCCN1CCOCC1)NCC. The zero-order valence-corrected chi connectivity index (χ0v) is 12.3. The van der Waals surface area contributed by atoms with E-state index in [1.807, 2.05) is 6.92 Å². The van der Waals surface area contributed by atoms with Gasteiger partial charge in [0.25, 0.3) is 0 Å². The average molecular weight is 268 g/mol. The van der Waals surface area contributed by atoms with Crippen LogP contribution in [0.25, 0.3) is 0 Å². The lowest BCUT2D eigenvalue weighted by atomic mass is 10.4. The molecule has 0 amide bonds. The summed E-state index contributed by atoms with van der Waals surface area (Å²) in [5, 5.41) is 6.61. The summed E-state index contributed by atoms with van der Waals surface area (Å²) in [6, 6.07) is 0. The summed E-state index contributed by atoms with van der Waals surface area (Å²) in [5.41, 5.74) is 0. The molecular weight excluding hydrogens is 240 g/mol. The highest BCUT2D eigenvalue weighted by Gasteiger charge is 2.08. The van der Waals surface area contributed by atoms with E-state index in [2.05, 4.69) is 39.6 Å². The Balaban J connectivity index is 2.22.